The number of nitrogens with zero attached hydrogens (tertiary/aromatic N) is 1. The van der Waals surface area contributed by atoms with Gasteiger partial charge in [-0.15, -0.1) is 0 Å². The molecule has 2 atom stereocenters. The second kappa shape index (κ2) is 8.50. The van der Waals surface area contributed by atoms with Crippen LogP contribution in [0.3, 0.4) is 0 Å². The van der Waals surface area contributed by atoms with Gasteiger partial charge in [-0.2, -0.15) is 0 Å². The summed E-state index contributed by atoms with van der Waals surface area (Å²) in [4.78, 5) is 13.6. The number of phenolic OH excluding ortho intramolecular Hbond substituents is 1. The molecular weight excluding hydrogens is 422 g/mol. The first-order valence-corrected chi connectivity index (χ1v) is 12.4. The van der Waals surface area contributed by atoms with E-state index in [-0.39, 0.29) is 23.5 Å². The number of rotatable bonds is 4. The Bertz CT molecular complexity index is 1160. The number of benzene rings is 3. The summed E-state index contributed by atoms with van der Waals surface area (Å²) in [6.45, 7) is 2.79. The molecule has 3 aromatic rings. The summed E-state index contributed by atoms with van der Waals surface area (Å²) in [7, 11) is 0. The molecule has 1 aliphatic carbocycles. The van der Waals surface area contributed by atoms with Crippen molar-refractivity contribution in [2.75, 3.05) is 24.6 Å². The molecule has 0 aromatic heterocycles. The predicted octanol–water partition coefficient (Wildman–Crippen LogP) is 5.90. The lowest BCUT2D eigenvalue weighted by Gasteiger charge is -2.54. The molecular formula is C30H31NO3. The highest BCUT2D eigenvalue weighted by molar-refractivity contribution is 5.56. The number of aromatic hydroxyl groups is 1. The number of anilines is 1. The maximum atomic E-state index is 11.1. The van der Waals surface area contributed by atoms with Gasteiger partial charge in [-0.3, -0.25) is 0 Å². The van der Waals surface area contributed by atoms with Gasteiger partial charge in [0.25, 0.3) is 0 Å². The van der Waals surface area contributed by atoms with Gasteiger partial charge in [-0.25, -0.2) is 0 Å². The Morgan fingerprint density at radius 1 is 0.912 bits per heavy atom. The average Bonchev–Trinajstić information content (AvgIpc) is 2.87. The van der Waals surface area contributed by atoms with Crippen LogP contribution in [0.4, 0.5) is 5.69 Å². The van der Waals surface area contributed by atoms with Crippen LogP contribution >= 0.6 is 0 Å². The van der Waals surface area contributed by atoms with E-state index in [0.717, 1.165) is 43.5 Å². The molecule has 0 amide bonds. The molecule has 3 aliphatic rings. The minimum atomic E-state index is 0.169. The molecule has 174 valence electrons. The zero-order valence-corrected chi connectivity index (χ0v) is 19.4. The Labute approximate surface area is 201 Å². The smallest absolute Gasteiger partial charge is 0.126 e. The number of phenols is 1. The molecule has 1 spiro atoms. The first-order valence-electron chi connectivity index (χ1n) is 12.4. The van der Waals surface area contributed by atoms with Gasteiger partial charge in [-0.05, 0) is 55.0 Å². The van der Waals surface area contributed by atoms with Crippen LogP contribution in [0.15, 0.2) is 72.8 Å². The quantitative estimate of drug-likeness (QED) is 0.500. The lowest BCUT2D eigenvalue weighted by atomic mass is 9.66. The van der Waals surface area contributed by atoms with E-state index in [1.54, 1.807) is 12.1 Å². The van der Waals surface area contributed by atoms with Crippen molar-refractivity contribution >= 4 is 12.0 Å². The number of ether oxygens (including phenoxy) is 1. The Kier molecular flexibility index (Phi) is 5.32. The molecule has 0 radical (unpaired) electrons. The summed E-state index contributed by atoms with van der Waals surface area (Å²) < 4.78 is 6.10. The van der Waals surface area contributed by atoms with Crippen LogP contribution in [0.5, 0.6) is 11.5 Å². The zero-order valence-electron chi connectivity index (χ0n) is 19.4. The van der Waals surface area contributed by atoms with E-state index in [1.807, 2.05) is 12.1 Å². The van der Waals surface area contributed by atoms with Crippen molar-refractivity contribution < 1.29 is 14.6 Å². The molecule has 1 N–H and O–H groups in total. The second-order valence-corrected chi connectivity index (χ2v) is 10.4. The van der Waals surface area contributed by atoms with Gasteiger partial charge < -0.3 is 19.5 Å². The van der Waals surface area contributed by atoms with Crippen LogP contribution in [-0.4, -0.2) is 31.1 Å². The van der Waals surface area contributed by atoms with Crippen molar-refractivity contribution in [1.29, 1.82) is 0 Å². The minimum absolute atomic E-state index is 0.169. The molecule has 0 bridgehead atoms. The fourth-order valence-corrected chi connectivity index (χ4v) is 6.34. The van der Waals surface area contributed by atoms with Gasteiger partial charge in [0.15, 0.2) is 0 Å². The van der Waals surface area contributed by atoms with Crippen LogP contribution < -0.4 is 9.64 Å². The highest BCUT2D eigenvalue weighted by Crippen LogP contribution is 2.49. The van der Waals surface area contributed by atoms with Crippen molar-refractivity contribution in [1.82, 2.24) is 0 Å². The van der Waals surface area contributed by atoms with Gasteiger partial charge in [0.2, 0.25) is 0 Å². The summed E-state index contributed by atoms with van der Waals surface area (Å²) in [5.41, 5.74) is 5.36. The monoisotopic (exact) mass is 453 g/mol. The van der Waals surface area contributed by atoms with Crippen molar-refractivity contribution in [3.63, 3.8) is 0 Å². The minimum Gasteiger partial charge on any atom is -0.508 e. The average molecular weight is 454 g/mol. The van der Waals surface area contributed by atoms with Crippen LogP contribution in [0.25, 0.3) is 0 Å². The molecule has 2 heterocycles. The lowest BCUT2D eigenvalue weighted by Crippen LogP contribution is -2.57. The maximum Gasteiger partial charge on any atom is 0.126 e. The Balaban J connectivity index is 1.25. The van der Waals surface area contributed by atoms with Crippen molar-refractivity contribution in [3.05, 3.63) is 89.5 Å². The third-order valence-corrected chi connectivity index (χ3v) is 8.33. The second-order valence-electron chi connectivity index (χ2n) is 10.4. The topological polar surface area (TPSA) is 49.8 Å². The van der Waals surface area contributed by atoms with Crippen molar-refractivity contribution in [2.45, 2.75) is 37.5 Å². The van der Waals surface area contributed by atoms with E-state index >= 15 is 0 Å². The largest absolute Gasteiger partial charge is 0.508 e. The fourth-order valence-electron chi connectivity index (χ4n) is 6.34. The molecule has 0 unspecified atom stereocenters. The molecule has 1 saturated heterocycles. The Hall–Kier alpha value is -3.27. The van der Waals surface area contributed by atoms with Crippen LogP contribution in [0.2, 0.25) is 0 Å². The molecule has 4 heteroatoms. The summed E-state index contributed by atoms with van der Waals surface area (Å²) in [5.74, 6) is 1.67. The van der Waals surface area contributed by atoms with E-state index in [9.17, 15) is 9.90 Å². The van der Waals surface area contributed by atoms with Crippen LogP contribution in [0, 0.1) is 11.3 Å². The molecule has 6 rings (SSSR count). The lowest BCUT2D eigenvalue weighted by molar-refractivity contribution is -0.112. The summed E-state index contributed by atoms with van der Waals surface area (Å²) in [6.07, 6.45) is 5.61. The third-order valence-electron chi connectivity index (χ3n) is 8.33. The highest BCUT2D eigenvalue weighted by atomic mass is 16.5. The first-order chi connectivity index (χ1) is 16.6. The van der Waals surface area contributed by atoms with Gasteiger partial charge in [0.05, 0.1) is 6.61 Å². The van der Waals surface area contributed by atoms with Gasteiger partial charge in [0, 0.05) is 53.6 Å². The van der Waals surface area contributed by atoms with Crippen molar-refractivity contribution in [3.8, 4) is 11.5 Å². The summed E-state index contributed by atoms with van der Waals surface area (Å²) >= 11 is 0. The third kappa shape index (κ3) is 3.75. The van der Waals surface area contributed by atoms with Crippen LogP contribution in [0.1, 0.15) is 54.2 Å². The number of aldehydes is 1. The highest BCUT2D eigenvalue weighted by Gasteiger charge is 2.45. The molecule has 2 aliphatic heterocycles. The number of carbonyl (C=O) groups is 1. The van der Waals surface area contributed by atoms with E-state index < -0.39 is 0 Å². The SMILES string of the molecule is O=CC1CCC2(CC1)CN(c1ccc([C@@H]3c4ccc(O)cc4OC[C@@H]3c3ccccc3)cc1)C2. The number of carbonyl (C=O) groups excluding carboxylic acids is 1. The maximum absolute atomic E-state index is 11.1. The molecule has 2 fully saturated rings. The van der Waals surface area contributed by atoms with E-state index in [4.69, 9.17) is 4.74 Å². The number of fused-ring (bicyclic) bond motifs is 1. The van der Waals surface area contributed by atoms with Gasteiger partial charge in [-0.1, -0.05) is 48.5 Å². The standard InChI is InChI=1S/C30H31NO3/c32-17-21-12-14-30(15-13-21)19-31(20-30)24-8-6-23(7-9-24)29-26-11-10-25(33)16-28(26)34-18-27(29)22-4-2-1-3-5-22/h1-11,16-17,21,27,29,33H,12-15,18-20H2/t27-,29-/m1/s1. The van der Waals surface area contributed by atoms with E-state index in [1.165, 1.54) is 29.7 Å². The van der Waals surface area contributed by atoms with Crippen LogP contribution in [-0.2, 0) is 4.79 Å². The molecule has 1 saturated carbocycles. The normalized spacial score (nSPS) is 23.6. The predicted molar refractivity (Wildman–Crippen MR) is 134 cm³/mol. The molecule has 4 nitrogen and oxygen atoms in total. The summed E-state index contributed by atoms with van der Waals surface area (Å²) in [6, 6.07) is 25.1. The number of hydrogen-bond acceptors (Lipinski definition) is 4. The van der Waals surface area contributed by atoms with Gasteiger partial charge in [0.1, 0.15) is 17.8 Å². The fraction of sp³-hybridized carbons (Fsp3) is 0.367. The molecule has 3 aromatic carbocycles. The van der Waals surface area contributed by atoms with Gasteiger partial charge >= 0.3 is 0 Å². The number of hydrogen-bond donors (Lipinski definition) is 1. The molecule has 34 heavy (non-hydrogen) atoms. The Morgan fingerprint density at radius 3 is 2.35 bits per heavy atom. The van der Waals surface area contributed by atoms with E-state index in [2.05, 4.69) is 53.4 Å². The zero-order chi connectivity index (χ0) is 23.1. The summed E-state index contributed by atoms with van der Waals surface area (Å²) in [5, 5.41) is 9.99. The van der Waals surface area contributed by atoms with Crippen molar-refractivity contribution in [2.24, 2.45) is 11.3 Å². The van der Waals surface area contributed by atoms with E-state index in [0.29, 0.717) is 12.0 Å². The first kappa shape index (κ1) is 21.3. The Morgan fingerprint density at radius 2 is 1.65 bits per heavy atom.